The zero-order valence-corrected chi connectivity index (χ0v) is 14.1. The summed E-state index contributed by atoms with van der Waals surface area (Å²) in [7, 11) is 0. The molecule has 0 saturated heterocycles. The van der Waals surface area contributed by atoms with Gasteiger partial charge in [-0.25, -0.2) is 15.0 Å². The number of aromatic nitrogens is 1. The lowest BCUT2D eigenvalue weighted by molar-refractivity contribution is 0.217. The van der Waals surface area contributed by atoms with Crippen molar-refractivity contribution in [2.24, 2.45) is 9.98 Å². The van der Waals surface area contributed by atoms with Crippen LogP contribution < -0.4 is 9.47 Å². The van der Waals surface area contributed by atoms with E-state index < -0.39 is 0 Å². The Morgan fingerprint density at radius 2 is 1.08 bits per heavy atom. The van der Waals surface area contributed by atoms with Crippen LogP contribution in [0.2, 0.25) is 0 Å². The van der Waals surface area contributed by atoms with Crippen LogP contribution in [-0.4, -0.2) is 30.6 Å². The molecule has 1 aliphatic rings. The van der Waals surface area contributed by atoms with Crippen molar-refractivity contribution in [2.75, 3.05) is 13.2 Å². The summed E-state index contributed by atoms with van der Waals surface area (Å²) < 4.78 is 11.7. The number of fused-ring (bicyclic) bond motifs is 4. The van der Waals surface area contributed by atoms with Gasteiger partial charge >= 0.3 is 0 Å². The summed E-state index contributed by atoms with van der Waals surface area (Å²) in [6.45, 7) is 0.866. The molecule has 0 unspecified atom stereocenters. The number of rotatable bonds is 0. The first-order valence-electron chi connectivity index (χ1n) is 8.37. The first kappa shape index (κ1) is 16.0. The third kappa shape index (κ3) is 3.78. The minimum Gasteiger partial charge on any atom is -0.489 e. The predicted molar refractivity (Wildman–Crippen MR) is 103 cm³/mol. The van der Waals surface area contributed by atoms with Crippen molar-refractivity contribution in [2.45, 2.75) is 0 Å². The molecule has 0 aliphatic carbocycles. The Morgan fingerprint density at radius 3 is 1.62 bits per heavy atom. The number of nitrogens with zero attached hydrogens (tertiary/aromatic N) is 3. The number of benzene rings is 2. The van der Waals surface area contributed by atoms with Crippen LogP contribution in [0.4, 0.5) is 11.6 Å². The maximum atomic E-state index is 5.86. The fourth-order valence-electron chi connectivity index (χ4n) is 2.57. The average molecular weight is 343 g/mol. The van der Waals surface area contributed by atoms with Crippen molar-refractivity contribution in [3.63, 3.8) is 0 Å². The summed E-state index contributed by atoms with van der Waals surface area (Å²) in [4.78, 5) is 13.4. The minimum atomic E-state index is 0.433. The van der Waals surface area contributed by atoms with Crippen molar-refractivity contribution in [1.29, 1.82) is 0 Å². The van der Waals surface area contributed by atoms with Gasteiger partial charge in [-0.1, -0.05) is 30.3 Å². The number of para-hydroxylation sites is 2. The van der Waals surface area contributed by atoms with Crippen molar-refractivity contribution < 1.29 is 9.47 Å². The van der Waals surface area contributed by atoms with Gasteiger partial charge < -0.3 is 9.47 Å². The topological polar surface area (TPSA) is 56.1 Å². The fraction of sp³-hybridized carbons (Fsp3) is 0.0952. The number of hydrogen-bond donors (Lipinski definition) is 0. The van der Waals surface area contributed by atoms with Crippen LogP contribution >= 0.6 is 0 Å². The third-order valence-electron chi connectivity index (χ3n) is 3.83. The molecule has 5 nitrogen and oxygen atoms in total. The van der Waals surface area contributed by atoms with Gasteiger partial charge in [0.25, 0.3) is 0 Å². The Labute approximate surface area is 151 Å². The second-order valence-corrected chi connectivity index (χ2v) is 5.64. The average Bonchev–Trinajstić information content (AvgIpc) is 2.69. The monoisotopic (exact) mass is 343 g/mol. The highest BCUT2D eigenvalue weighted by atomic mass is 16.5. The summed E-state index contributed by atoms with van der Waals surface area (Å²) in [6, 6.07) is 21.1. The lowest BCUT2D eigenvalue weighted by Crippen LogP contribution is -2.10. The molecule has 2 aromatic carbocycles. The second-order valence-electron chi connectivity index (χ2n) is 5.64. The Hall–Kier alpha value is -3.47. The number of hydrogen-bond acceptors (Lipinski definition) is 5. The van der Waals surface area contributed by atoms with Gasteiger partial charge in [0.05, 0.1) is 0 Å². The first-order chi connectivity index (χ1) is 12.9. The summed E-state index contributed by atoms with van der Waals surface area (Å²) >= 11 is 0. The lowest BCUT2D eigenvalue weighted by Gasteiger charge is -2.11. The van der Waals surface area contributed by atoms with Gasteiger partial charge in [0.15, 0.2) is 11.6 Å². The quantitative estimate of drug-likeness (QED) is 0.609. The van der Waals surface area contributed by atoms with E-state index in [1.807, 2.05) is 66.7 Å². The Bertz CT molecular complexity index is 892. The highest BCUT2D eigenvalue weighted by Gasteiger charge is 2.04. The molecule has 0 N–H and O–H groups in total. The molecular formula is C21H17N3O2. The highest BCUT2D eigenvalue weighted by molar-refractivity contribution is 5.86. The van der Waals surface area contributed by atoms with Gasteiger partial charge in [0, 0.05) is 23.6 Å². The molecule has 0 spiro atoms. The smallest absolute Gasteiger partial charge is 0.154 e. The van der Waals surface area contributed by atoms with Gasteiger partial charge in [-0.2, -0.15) is 0 Å². The molecule has 0 amide bonds. The highest BCUT2D eigenvalue weighted by Crippen LogP contribution is 2.21. The predicted octanol–water partition coefficient (Wildman–Crippen LogP) is 4.35. The van der Waals surface area contributed by atoms with E-state index in [-0.39, 0.29) is 0 Å². The molecule has 3 aromatic rings. The SMILES string of the molecule is C1=Nc2cccc(n2)/N=C\c2ccccc2OCCOc2ccccc21. The molecule has 0 fully saturated rings. The summed E-state index contributed by atoms with van der Waals surface area (Å²) in [5.41, 5.74) is 1.77. The van der Waals surface area contributed by atoms with E-state index in [9.17, 15) is 0 Å². The van der Waals surface area contributed by atoms with E-state index in [0.717, 1.165) is 22.6 Å². The van der Waals surface area contributed by atoms with Crippen LogP contribution in [0.1, 0.15) is 11.1 Å². The van der Waals surface area contributed by atoms with Crippen molar-refractivity contribution >= 4 is 24.1 Å². The lowest BCUT2D eigenvalue weighted by atomic mass is 10.2. The van der Waals surface area contributed by atoms with Crippen molar-refractivity contribution in [3.05, 3.63) is 77.9 Å². The van der Waals surface area contributed by atoms with E-state index >= 15 is 0 Å². The van der Waals surface area contributed by atoms with E-state index in [1.165, 1.54) is 0 Å². The molecule has 2 bridgehead atoms. The molecule has 2 heterocycles. The first-order valence-corrected chi connectivity index (χ1v) is 8.37. The second kappa shape index (κ2) is 7.61. The molecule has 0 saturated carbocycles. The minimum absolute atomic E-state index is 0.433. The van der Waals surface area contributed by atoms with Crippen LogP contribution in [0.5, 0.6) is 11.5 Å². The Morgan fingerprint density at radius 1 is 0.577 bits per heavy atom. The molecule has 128 valence electrons. The number of aliphatic imine (C=N–C) groups is 2. The summed E-state index contributed by atoms with van der Waals surface area (Å²) in [5, 5.41) is 0. The molecule has 0 atom stereocenters. The summed E-state index contributed by atoms with van der Waals surface area (Å²) in [5.74, 6) is 2.70. The molecule has 5 heteroatoms. The van der Waals surface area contributed by atoms with Crippen molar-refractivity contribution in [1.82, 2.24) is 4.98 Å². The number of ether oxygens (including phenoxy) is 2. The van der Waals surface area contributed by atoms with Gasteiger partial charge in [-0.15, -0.1) is 0 Å². The van der Waals surface area contributed by atoms with Crippen LogP contribution in [0.25, 0.3) is 0 Å². The number of pyridine rings is 1. The normalized spacial score (nSPS) is 14.6. The van der Waals surface area contributed by atoms with Crippen LogP contribution in [-0.2, 0) is 0 Å². The Kier molecular flexibility index (Phi) is 4.69. The van der Waals surface area contributed by atoms with Crippen LogP contribution in [0.3, 0.4) is 0 Å². The van der Waals surface area contributed by atoms with E-state index in [0.29, 0.717) is 24.8 Å². The van der Waals surface area contributed by atoms with Crippen molar-refractivity contribution in [3.8, 4) is 11.5 Å². The standard InChI is InChI=1S/C21H17N3O2/c1-3-8-18-16(6-1)14-22-20-10-5-11-21(24-20)23-15-17-7-2-4-9-19(17)26-13-12-25-18/h1-11,14-15H,12-13H2/b22-14-,23-15?. The third-order valence-corrected chi connectivity index (χ3v) is 3.83. The van der Waals surface area contributed by atoms with Gasteiger partial charge in [-0.3, -0.25) is 0 Å². The Balaban J connectivity index is 1.74. The van der Waals surface area contributed by atoms with E-state index in [1.54, 1.807) is 12.4 Å². The van der Waals surface area contributed by atoms with E-state index in [2.05, 4.69) is 15.0 Å². The summed E-state index contributed by atoms with van der Waals surface area (Å²) in [6.07, 6.45) is 3.50. The van der Waals surface area contributed by atoms with Gasteiger partial charge in [0.2, 0.25) is 0 Å². The van der Waals surface area contributed by atoms with Crippen LogP contribution in [0, 0.1) is 0 Å². The maximum absolute atomic E-state index is 5.86. The molecule has 26 heavy (non-hydrogen) atoms. The van der Waals surface area contributed by atoms with Gasteiger partial charge in [0.1, 0.15) is 24.7 Å². The molecular weight excluding hydrogens is 326 g/mol. The van der Waals surface area contributed by atoms with Gasteiger partial charge in [-0.05, 0) is 36.4 Å². The maximum Gasteiger partial charge on any atom is 0.154 e. The molecule has 1 aromatic heterocycles. The fourth-order valence-corrected chi connectivity index (χ4v) is 2.57. The van der Waals surface area contributed by atoms with Crippen LogP contribution in [0.15, 0.2) is 76.7 Å². The van der Waals surface area contributed by atoms with E-state index in [4.69, 9.17) is 9.47 Å². The zero-order chi connectivity index (χ0) is 17.6. The molecule has 0 radical (unpaired) electrons. The molecule has 4 rings (SSSR count). The largest absolute Gasteiger partial charge is 0.489 e. The zero-order valence-electron chi connectivity index (χ0n) is 14.1. The molecule has 1 aliphatic heterocycles.